The summed E-state index contributed by atoms with van der Waals surface area (Å²) in [5.74, 6) is -2.13. The third-order valence-corrected chi connectivity index (χ3v) is 3.00. The molecule has 0 amide bonds. The van der Waals surface area contributed by atoms with Crippen molar-refractivity contribution in [2.75, 3.05) is 13.1 Å². The van der Waals surface area contributed by atoms with Gasteiger partial charge in [-0.25, -0.2) is 13.5 Å². The fourth-order valence-electron chi connectivity index (χ4n) is 1.85. The Hall–Kier alpha value is -2.15. The van der Waals surface area contributed by atoms with Gasteiger partial charge in [0.2, 0.25) is 5.78 Å². The highest BCUT2D eigenvalue weighted by atomic mass is 19.1. The highest BCUT2D eigenvalue weighted by Gasteiger charge is 2.22. The van der Waals surface area contributed by atoms with Gasteiger partial charge in [-0.15, -0.1) is 5.10 Å². The van der Waals surface area contributed by atoms with E-state index < -0.39 is 17.4 Å². The molecule has 2 aromatic rings. The first-order chi connectivity index (χ1) is 9.13. The van der Waals surface area contributed by atoms with Crippen molar-refractivity contribution in [3.8, 4) is 0 Å². The predicted molar refractivity (Wildman–Crippen MR) is 61.7 cm³/mol. The first-order valence-electron chi connectivity index (χ1n) is 5.77. The molecule has 0 saturated carbocycles. The van der Waals surface area contributed by atoms with E-state index in [0.717, 1.165) is 25.2 Å². The number of benzene rings is 1. The zero-order valence-corrected chi connectivity index (χ0v) is 9.81. The molecule has 2 heterocycles. The average molecular weight is 264 g/mol. The third kappa shape index (κ3) is 2.24. The van der Waals surface area contributed by atoms with Gasteiger partial charge < -0.3 is 5.32 Å². The topological polar surface area (TPSA) is 59.8 Å². The molecule has 7 heteroatoms. The lowest BCUT2D eigenvalue weighted by Gasteiger charge is -2.26. The van der Waals surface area contributed by atoms with Gasteiger partial charge in [0.05, 0.1) is 12.2 Å². The van der Waals surface area contributed by atoms with Crippen LogP contribution in [0.15, 0.2) is 24.4 Å². The molecule has 1 N–H and O–H groups in total. The van der Waals surface area contributed by atoms with Crippen LogP contribution in [0.1, 0.15) is 22.1 Å². The number of hydrogen-bond donors (Lipinski definition) is 1. The second-order valence-corrected chi connectivity index (χ2v) is 4.38. The Morgan fingerprint density at radius 2 is 1.95 bits per heavy atom. The molecule has 19 heavy (non-hydrogen) atoms. The lowest BCUT2D eigenvalue weighted by atomic mass is 10.1. The van der Waals surface area contributed by atoms with Gasteiger partial charge in [0, 0.05) is 24.7 Å². The number of hydrogen-bond acceptors (Lipinski definition) is 4. The highest BCUT2D eigenvalue weighted by molar-refractivity contribution is 6.07. The predicted octanol–water partition coefficient (Wildman–Crippen LogP) is 0.932. The van der Waals surface area contributed by atoms with Gasteiger partial charge in [0.25, 0.3) is 0 Å². The van der Waals surface area contributed by atoms with Gasteiger partial charge >= 0.3 is 0 Å². The van der Waals surface area contributed by atoms with Gasteiger partial charge in [0.15, 0.2) is 5.69 Å². The van der Waals surface area contributed by atoms with E-state index in [1.165, 1.54) is 6.20 Å². The second-order valence-electron chi connectivity index (χ2n) is 4.38. The molecule has 98 valence electrons. The number of nitrogens with one attached hydrogen (secondary N) is 1. The molecule has 1 aromatic carbocycles. The fraction of sp³-hybridized carbons (Fsp3) is 0.250. The molecule has 0 atom stereocenters. The lowest BCUT2D eigenvalue weighted by molar-refractivity contribution is 0.103. The Balaban J connectivity index is 1.88. The number of ketones is 1. The summed E-state index contributed by atoms with van der Waals surface area (Å²) in [6, 6.07) is 2.86. The second kappa shape index (κ2) is 4.51. The van der Waals surface area contributed by atoms with Crippen LogP contribution in [0.4, 0.5) is 8.78 Å². The maximum atomic E-state index is 13.1. The Bertz CT molecular complexity index is 616. The van der Waals surface area contributed by atoms with Crippen molar-refractivity contribution in [3.63, 3.8) is 0 Å². The van der Waals surface area contributed by atoms with Crippen LogP contribution < -0.4 is 5.32 Å². The van der Waals surface area contributed by atoms with Crippen molar-refractivity contribution < 1.29 is 13.6 Å². The van der Waals surface area contributed by atoms with Crippen molar-refractivity contribution in [1.82, 2.24) is 20.3 Å². The molecule has 1 aliphatic rings. The summed E-state index contributed by atoms with van der Waals surface area (Å²) in [4.78, 5) is 12.0. The van der Waals surface area contributed by atoms with Gasteiger partial charge in [-0.1, -0.05) is 5.21 Å². The van der Waals surface area contributed by atoms with Crippen molar-refractivity contribution in [2.45, 2.75) is 6.04 Å². The van der Waals surface area contributed by atoms with Gasteiger partial charge in [-0.2, -0.15) is 0 Å². The van der Waals surface area contributed by atoms with E-state index in [-0.39, 0.29) is 17.3 Å². The molecular weight excluding hydrogens is 254 g/mol. The number of halogens is 2. The molecule has 0 aliphatic carbocycles. The van der Waals surface area contributed by atoms with E-state index >= 15 is 0 Å². The van der Waals surface area contributed by atoms with Crippen molar-refractivity contribution >= 4 is 5.78 Å². The maximum absolute atomic E-state index is 13.1. The van der Waals surface area contributed by atoms with Gasteiger partial charge in [0.1, 0.15) is 11.6 Å². The van der Waals surface area contributed by atoms with Crippen molar-refractivity contribution in [3.05, 3.63) is 47.3 Å². The molecule has 5 nitrogen and oxygen atoms in total. The van der Waals surface area contributed by atoms with Gasteiger partial charge in [-0.05, 0) is 12.1 Å². The Morgan fingerprint density at radius 1 is 1.26 bits per heavy atom. The SMILES string of the molecule is O=C(c1cc(F)cc(F)c1)c1cn(C2CNC2)nn1. The summed E-state index contributed by atoms with van der Waals surface area (Å²) in [6.45, 7) is 1.54. The first-order valence-corrected chi connectivity index (χ1v) is 5.77. The first kappa shape index (κ1) is 11.9. The zero-order valence-electron chi connectivity index (χ0n) is 9.81. The van der Waals surface area contributed by atoms with E-state index in [1.54, 1.807) is 4.68 Å². The number of aromatic nitrogens is 3. The summed E-state index contributed by atoms with van der Waals surface area (Å²) in [5.41, 5.74) is 0.00758. The summed E-state index contributed by atoms with van der Waals surface area (Å²) in [7, 11) is 0. The fourth-order valence-corrected chi connectivity index (χ4v) is 1.85. The maximum Gasteiger partial charge on any atom is 0.215 e. The molecule has 0 radical (unpaired) electrons. The molecule has 1 fully saturated rings. The third-order valence-electron chi connectivity index (χ3n) is 3.00. The molecule has 1 saturated heterocycles. The molecule has 3 rings (SSSR count). The van der Waals surface area contributed by atoms with E-state index in [1.807, 2.05) is 0 Å². The minimum absolute atomic E-state index is 0.0729. The standard InChI is InChI=1S/C12H10F2N4O/c13-8-1-7(2-9(14)3-8)12(19)11-6-18(17-16-11)10-4-15-5-10/h1-3,6,10,15H,4-5H2. The molecule has 0 spiro atoms. The number of rotatable bonds is 3. The number of carbonyl (C=O) groups excluding carboxylic acids is 1. The van der Waals surface area contributed by atoms with Crippen LogP contribution in [-0.2, 0) is 0 Å². The van der Waals surface area contributed by atoms with E-state index in [0.29, 0.717) is 6.07 Å². The van der Waals surface area contributed by atoms with E-state index in [4.69, 9.17) is 0 Å². The van der Waals surface area contributed by atoms with Crippen LogP contribution in [0.5, 0.6) is 0 Å². The minimum Gasteiger partial charge on any atom is -0.312 e. The largest absolute Gasteiger partial charge is 0.312 e. The summed E-state index contributed by atoms with van der Waals surface area (Å²) >= 11 is 0. The van der Waals surface area contributed by atoms with Crippen LogP contribution >= 0.6 is 0 Å². The summed E-state index contributed by atoms with van der Waals surface area (Å²) in [6.07, 6.45) is 1.50. The van der Waals surface area contributed by atoms with Crippen LogP contribution in [-0.4, -0.2) is 33.9 Å². The van der Waals surface area contributed by atoms with E-state index in [2.05, 4.69) is 15.6 Å². The lowest BCUT2D eigenvalue weighted by Crippen LogP contribution is -2.43. The zero-order chi connectivity index (χ0) is 13.4. The summed E-state index contributed by atoms with van der Waals surface area (Å²) in [5, 5.41) is 10.7. The Labute approximate surface area is 107 Å². The average Bonchev–Trinajstić information content (AvgIpc) is 2.73. The van der Waals surface area contributed by atoms with Crippen LogP contribution in [0.25, 0.3) is 0 Å². The Morgan fingerprint density at radius 3 is 2.53 bits per heavy atom. The molecule has 0 bridgehead atoms. The van der Waals surface area contributed by atoms with Crippen molar-refractivity contribution in [2.24, 2.45) is 0 Å². The highest BCUT2D eigenvalue weighted by Crippen LogP contribution is 2.14. The minimum atomic E-state index is -0.793. The quantitative estimate of drug-likeness (QED) is 0.838. The smallest absolute Gasteiger partial charge is 0.215 e. The number of nitrogens with zero attached hydrogens (tertiary/aromatic N) is 3. The van der Waals surface area contributed by atoms with E-state index in [9.17, 15) is 13.6 Å². The monoisotopic (exact) mass is 264 g/mol. The molecule has 1 aliphatic heterocycles. The Kier molecular flexibility index (Phi) is 2.83. The van der Waals surface area contributed by atoms with Crippen LogP contribution in [0.2, 0.25) is 0 Å². The molecule has 0 unspecified atom stereocenters. The van der Waals surface area contributed by atoms with Crippen LogP contribution in [0, 0.1) is 11.6 Å². The normalized spacial score (nSPS) is 15.3. The van der Waals surface area contributed by atoms with Crippen molar-refractivity contribution in [1.29, 1.82) is 0 Å². The number of carbonyl (C=O) groups is 1. The van der Waals surface area contributed by atoms with Gasteiger partial charge in [-0.3, -0.25) is 4.79 Å². The summed E-state index contributed by atoms with van der Waals surface area (Å²) < 4.78 is 27.7. The molecular formula is C12H10F2N4O. The molecule has 1 aromatic heterocycles. The van der Waals surface area contributed by atoms with Crippen LogP contribution in [0.3, 0.4) is 0 Å².